The molecule has 0 saturated heterocycles. The quantitative estimate of drug-likeness (QED) is 0.404. The van der Waals surface area contributed by atoms with Crippen molar-refractivity contribution in [2.24, 2.45) is 5.73 Å². The summed E-state index contributed by atoms with van der Waals surface area (Å²) in [6.07, 6.45) is 1.28. The molecule has 0 bridgehead atoms. The van der Waals surface area contributed by atoms with Gasteiger partial charge in [0.05, 0.1) is 4.90 Å². The van der Waals surface area contributed by atoms with Gasteiger partial charge in [-0.15, -0.1) is 0 Å². The van der Waals surface area contributed by atoms with Gasteiger partial charge in [-0.05, 0) is 17.3 Å². The Balaban J connectivity index is 0.000000184. The molecule has 1 aromatic heterocycles. The maximum atomic E-state index is 10.4. The molecule has 0 radical (unpaired) electrons. The van der Waals surface area contributed by atoms with Crippen LogP contribution < -0.4 is 5.73 Å². The van der Waals surface area contributed by atoms with Gasteiger partial charge in [-0.3, -0.25) is 9.96 Å². The third-order valence-electron chi connectivity index (χ3n) is 1.68. The molecule has 96 valence electrons. The number of nitrogens with two attached hydrogens (primary N) is 1. The SMILES string of the molecule is N=C(N)c1cnon1.O=S(=O)(O)c1ccccc1. The summed E-state index contributed by atoms with van der Waals surface area (Å²) in [6.45, 7) is 0. The van der Waals surface area contributed by atoms with Gasteiger partial charge in [-0.25, -0.2) is 4.63 Å². The zero-order valence-corrected chi connectivity index (χ0v) is 9.83. The van der Waals surface area contributed by atoms with Crippen molar-refractivity contribution in [2.45, 2.75) is 4.90 Å². The summed E-state index contributed by atoms with van der Waals surface area (Å²) in [5.41, 5.74) is 5.25. The van der Waals surface area contributed by atoms with Gasteiger partial charge in [0.1, 0.15) is 12.0 Å². The summed E-state index contributed by atoms with van der Waals surface area (Å²) >= 11 is 0. The summed E-state index contributed by atoms with van der Waals surface area (Å²) in [7, 11) is -4.00. The average Bonchev–Trinajstić information content (AvgIpc) is 2.83. The number of nitrogens with one attached hydrogen (secondary N) is 1. The molecule has 2 rings (SSSR count). The number of hydrogen-bond acceptors (Lipinski definition) is 6. The molecule has 1 aromatic carbocycles. The zero-order valence-electron chi connectivity index (χ0n) is 9.02. The van der Waals surface area contributed by atoms with Crippen LogP contribution in [0.25, 0.3) is 0 Å². The molecule has 0 saturated carbocycles. The lowest BCUT2D eigenvalue weighted by Gasteiger charge is -1.92. The van der Waals surface area contributed by atoms with Crippen molar-refractivity contribution in [2.75, 3.05) is 0 Å². The minimum Gasteiger partial charge on any atom is -0.382 e. The van der Waals surface area contributed by atoms with E-state index >= 15 is 0 Å². The monoisotopic (exact) mass is 270 g/mol. The van der Waals surface area contributed by atoms with Crippen LogP contribution in [-0.2, 0) is 10.1 Å². The molecule has 0 atom stereocenters. The molecule has 0 aliphatic heterocycles. The molecular weight excluding hydrogens is 260 g/mol. The summed E-state index contributed by atoms with van der Waals surface area (Å²) in [5.74, 6) is -0.133. The fraction of sp³-hybridized carbons (Fsp3) is 0. The van der Waals surface area contributed by atoms with Crippen LogP contribution in [0.5, 0.6) is 0 Å². The highest BCUT2D eigenvalue weighted by Gasteiger charge is 2.05. The molecule has 4 N–H and O–H groups in total. The molecule has 0 aliphatic carbocycles. The van der Waals surface area contributed by atoms with Gasteiger partial charge >= 0.3 is 0 Å². The minimum atomic E-state index is -4.00. The van der Waals surface area contributed by atoms with Gasteiger partial charge in [0.25, 0.3) is 10.1 Å². The summed E-state index contributed by atoms with van der Waals surface area (Å²) in [4.78, 5) is -0.0741. The lowest BCUT2D eigenvalue weighted by atomic mass is 10.4. The molecule has 9 heteroatoms. The van der Waals surface area contributed by atoms with Crippen molar-refractivity contribution in [3.63, 3.8) is 0 Å². The van der Waals surface area contributed by atoms with Gasteiger partial charge in [-0.1, -0.05) is 23.4 Å². The second kappa shape index (κ2) is 5.89. The van der Waals surface area contributed by atoms with Crippen molar-refractivity contribution in [3.8, 4) is 0 Å². The van der Waals surface area contributed by atoms with E-state index in [1.54, 1.807) is 18.2 Å². The number of amidine groups is 1. The van der Waals surface area contributed by atoms with Crippen molar-refractivity contribution >= 4 is 16.0 Å². The van der Waals surface area contributed by atoms with Crippen molar-refractivity contribution in [1.29, 1.82) is 5.41 Å². The fourth-order valence-corrected chi connectivity index (χ4v) is 1.38. The van der Waals surface area contributed by atoms with Crippen LogP contribution in [0, 0.1) is 5.41 Å². The predicted octanol–water partition coefficient (Wildman–Crippen LogP) is 0.287. The lowest BCUT2D eigenvalue weighted by molar-refractivity contribution is 0.306. The van der Waals surface area contributed by atoms with Crippen LogP contribution in [0.4, 0.5) is 0 Å². The zero-order chi connectivity index (χ0) is 13.6. The molecule has 0 unspecified atom stereocenters. The molecule has 2 aromatic rings. The second-order valence-electron chi connectivity index (χ2n) is 2.99. The standard InChI is InChI=1S/C6H6O3S.C3H4N4O/c7-10(8,9)6-4-2-1-3-5-6;4-3(5)2-1-6-8-7-2/h1-5H,(H,7,8,9);1H,(H3,4,5). The average molecular weight is 270 g/mol. The summed E-state index contributed by atoms with van der Waals surface area (Å²) in [6, 6.07) is 7.42. The maximum Gasteiger partial charge on any atom is 0.294 e. The Morgan fingerprint density at radius 3 is 2.22 bits per heavy atom. The molecule has 18 heavy (non-hydrogen) atoms. The van der Waals surface area contributed by atoms with Crippen molar-refractivity contribution in [3.05, 3.63) is 42.2 Å². The Hall–Kier alpha value is -2.26. The smallest absolute Gasteiger partial charge is 0.294 e. The van der Waals surface area contributed by atoms with Gasteiger partial charge in [0, 0.05) is 0 Å². The first kappa shape index (κ1) is 13.8. The number of nitrogen functional groups attached to an aromatic ring is 1. The Kier molecular flexibility index (Phi) is 4.52. The maximum absolute atomic E-state index is 10.4. The van der Waals surface area contributed by atoms with Crippen molar-refractivity contribution < 1.29 is 17.6 Å². The Labute approximate surface area is 103 Å². The van der Waals surface area contributed by atoms with E-state index in [-0.39, 0.29) is 16.4 Å². The number of nitrogens with zero attached hydrogens (tertiary/aromatic N) is 2. The van der Waals surface area contributed by atoms with Crippen LogP contribution in [0.1, 0.15) is 5.69 Å². The van der Waals surface area contributed by atoms with Crippen LogP contribution in [0.15, 0.2) is 46.1 Å². The molecule has 0 aliphatic rings. The molecule has 0 fully saturated rings. The highest BCUT2D eigenvalue weighted by Crippen LogP contribution is 2.05. The van der Waals surface area contributed by atoms with E-state index in [9.17, 15) is 8.42 Å². The Morgan fingerprint density at radius 1 is 1.33 bits per heavy atom. The van der Waals surface area contributed by atoms with Crippen molar-refractivity contribution in [1.82, 2.24) is 10.3 Å². The predicted molar refractivity (Wildman–Crippen MR) is 61.6 cm³/mol. The van der Waals surface area contributed by atoms with E-state index < -0.39 is 10.1 Å². The van der Waals surface area contributed by atoms with Gasteiger partial charge < -0.3 is 5.73 Å². The topological polar surface area (TPSA) is 143 Å². The number of benzene rings is 1. The first-order chi connectivity index (χ1) is 8.41. The van der Waals surface area contributed by atoms with Gasteiger partial charge in [0.15, 0.2) is 5.69 Å². The van der Waals surface area contributed by atoms with Gasteiger partial charge in [-0.2, -0.15) is 8.42 Å². The normalized spacial score (nSPS) is 10.3. The fourth-order valence-electron chi connectivity index (χ4n) is 0.876. The van der Waals surface area contributed by atoms with E-state index in [1.165, 1.54) is 18.3 Å². The molecule has 8 nitrogen and oxygen atoms in total. The third-order valence-corrected chi connectivity index (χ3v) is 2.55. The highest BCUT2D eigenvalue weighted by atomic mass is 32.2. The number of hydrogen-bond donors (Lipinski definition) is 3. The highest BCUT2D eigenvalue weighted by molar-refractivity contribution is 7.85. The second-order valence-corrected chi connectivity index (χ2v) is 4.42. The molecule has 0 amide bonds. The van der Waals surface area contributed by atoms with Crippen LogP contribution in [0.3, 0.4) is 0 Å². The van der Waals surface area contributed by atoms with E-state index in [0.29, 0.717) is 0 Å². The van der Waals surface area contributed by atoms with E-state index in [0.717, 1.165) is 0 Å². The van der Waals surface area contributed by atoms with Crippen LogP contribution in [0.2, 0.25) is 0 Å². The first-order valence-corrected chi connectivity index (χ1v) is 6.00. The largest absolute Gasteiger partial charge is 0.382 e. The molecular formula is C9H10N4O4S. The minimum absolute atomic E-state index is 0.0741. The van der Waals surface area contributed by atoms with Gasteiger partial charge in [0.2, 0.25) is 0 Å². The molecule has 1 heterocycles. The first-order valence-electron chi connectivity index (χ1n) is 4.56. The van der Waals surface area contributed by atoms with E-state index in [2.05, 4.69) is 14.9 Å². The summed E-state index contributed by atoms with van der Waals surface area (Å²) < 4.78 is 33.4. The Bertz CT molecular complexity index is 595. The van der Waals surface area contributed by atoms with Crippen LogP contribution in [-0.4, -0.2) is 29.1 Å². The lowest BCUT2D eigenvalue weighted by Crippen LogP contribution is -2.10. The number of aromatic nitrogens is 2. The van der Waals surface area contributed by atoms with Crippen LogP contribution >= 0.6 is 0 Å². The van der Waals surface area contributed by atoms with E-state index in [1.807, 2.05) is 0 Å². The third kappa shape index (κ3) is 4.31. The Morgan fingerprint density at radius 2 is 1.94 bits per heavy atom. The molecule has 0 spiro atoms. The summed E-state index contributed by atoms with van der Waals surface area (Å²) in [5, 5.41) is 13.3. The van der Waals surface area contributed by atoms with E-state index in [4.69, 9.17) is 15.7 Å². The number of rotatable bonds is 2.